The number of nitrogens with zero attached hydrogens (tertiary/aromatic N) is 1. The average molecular weight is 230 g/mol. The van der Waals surface area contributed by atoms with Crippen molar-refractivity contribution in [1.82, 2.24) is 5.32 Å². The smallest absolute Gasteiger partial charge is 0.216 e. The zero-order valence-corrected chi connectivity index (χ0v) is 9.38. The Morgan fingerprint density at radius 1 is 1.53 bits per heavy atom. The van der Waals surface area contributed by atoms with Crippen molar-refractivity contribution in [1.29, 1.82) is 5.26 Å². The second-order valence-corrected chi connectivity index (χ2v) is 3.34. The van der Waals surface area contributed by atoms with Gasteiger partial charge < -0.3 is 5.32 Å². The minimum absolute atomic E-state index is 0.00814. The lowest BCUT2D eigenvalue weighted by Gasteiger charge is -1.95. The fraction of sp³-hybridized carbons (Fsp3) is 0.231. The highest BCUT2D eigenvalue weighted by Gasteiger charge is 2.00. The van der Waals surface area contributed by atoms with E-state index in [1.165, 1.54) is 19.1 Å². The molecule has 0 spiro atoms. The van der Waals surface area contributed by atoms with E-state index < -0.39 is 5.82 Å². The summed E-state index contributed by atoms with van der Waals surface area (Å²) in [6.45, 7) is 1.91. The molecule has 0 unspecified atom stereocenters. The van der Waals surface area contributed by atoms with Gasteiger partial charge in [-0.3, -0.25) is 4.79 Å². The van der Waals surface area contributed by atoms with Crippen molar-refractivity contribution < 1.29 is 9.18 Å². The van der Waals surface area contributed by atoms with Crippen LogP contribution in [0.1, 0.15) is 24.5 Å². The number of benzene rings is 1. The monoisotopic (exact) mass is 230 g/mol. The summed E-state index contributed by atoms with van der Waals surface area (Å²) in [5.74, 6) is 4.90. The van der Waals surface area contributed by atoms with Gasteiger partial charge in [0.1, 0.15) is 11.9 Å². The standard InChI is InChI=1S/C13H11FN2O/c1-10(17)16-7-3-2-4-11-5-6-12(9-15)13(14)8-11/h5-6,8H,3,7H2,1H3,(H,16,17). The van der Waals surface area contributed by atoms with Crippen LogP contribution in [0, 0.1) is 29.0 Å². The van der Waals surface area contributed by atoms with E-state index in [0.717, 1.165) is 0 Å². The molecule has 4 heteroatoms. The molecule has 0 heterocycles. The molecule has 0 fully saturated rings. The molecule has 0 bridgehead atoms. The number of nitrogens with one attached hydrogen (secondary N) is 1. The van der Waals surface area contributed by atoms with E-state index in [1.807, 2.05) is 0 Å². The molecule has 1 N–H and O–H groups in total. The molecule has 0 atom stereocenters. The molecule has 1 aromatic carbocycles. The van der Waals surface area contributed by atoms with Crippen LogP contribution in [0.25, 0.3) is 0 Å². The van der Waals surface area contributed by atoms with Crippen LogP contribution in [0.5, 0.6) is 0 Å². The maximum Gasteiger partial charge on any atom is 0.216 e. The van der Waals surface area contributed by atoms with Gasteiger partial charge in [0.2, 0.25) is 5.91 Å². The van der Waals surface area contributed by atoms with Crippen LogP contribution >= 0.6 is 0 Å². The minimum Gasteiger partial charge on any atom is -0.355 e. The Kier molecular flexibility index (Phi) is 4.72. The number of hydrogen-bond donors (Lipinski definition) is 1. The Morgan fingerprint density at radius 2 is 2.29 bits per heavy atom. The Morgan fingerprint density at radius 3 is 2.88 bits per heavy atom. The molecule has 1 aromatic rings. The van der Waals surface area contributed by atoms with Gasteiger partial charge >= 0.3 is 0 Å². The number of amides is 1. The van der Waals surface area contributed by atoms with Crippen molar-refractivity contribution in [3.05, 3.63) is 35.1 Å². The maximum atomic E-state index is 13.2. The number of rotatable bonds is 2. The summed E-state index contributed by atoms with van der Waals surface area (Å²) in [5, 5.41) is 11.1. The van der Waals surface area contributed by atoms with Crippen LogP contribution in [0.2, 0.25) is 0 Å². The number of carbonyl (C=O) groups excluding carboxylic acids is 1. The first-order chi connectivity index (χ1) is 8.13. The highest BCUT2D eigenvalue weighted by Crippen LogP contribution is 2.08. The van der Waals surface area contributed by atoms with Gasteiger partial charge in [-0.1, -0.05) is 11.8 Å². The summed E-state index contributed by atoms with van der Waals surface area (Å²) in [6.07, 6.45) is 0.501. The summed E-state index contributed by atoms with van der Waals surface area (Å²) in [6, 6.07) is 5.95. The maximum absolute atomic E-state index is 13.2. The van der Waals surface area contributed by atoms with Gasteiger partial charge in [-0.15, -0.1) is 0 Å². The lowest BCUT2D eigenvalue weighted by Crippen LogP contribution is -2.20. The highest BCUT2D eigenvalue weighted by atomic mass is 19.1. The molecular formula is C13H11FN2O. The second-order valence-electron chi connectivity index (χ2n) is 3.34. The molecule has 0 radical (unpaired) electrons. The molecule has 0 saturated carbocycles. The highest BCUT2D eigenvalue weighted by molar-refractivity contribution is 5.72. The molecule has 0 aliphatic heterocycles. The van der Waals surface area contributed by atoms with Crippen molar-refractivity contribution in [2.45, 2.75) is 13.3 Å². The SMILES string of the molecule is CC(=O)NCCC#Cc1ccc(C#N)c(F)c1. The summed E-state index contributed by atoms with van der Waals surface area (Å²) >= 11 is 0. The Balaban J connectivity index is 2.58. The van der Waals surface area contributed by atoms with Crippen molar-refractivity contribution in [3.63, 3.8) is 0 Å². The van der Waals surface area contributed by atoms with Gasteiger partial charge in [0.25, 0.3) is 0 Å². The van der Waals surface area contributed by atoms with Crippen LogP contribution in [0.15, 0.2) is 18.2 Å². The van der Waals surface area contributed by atoms with Crippen LogP contribution in [0.4, 0.5) is 4.39 Å². The summed E-state index contributed by atoms with van der Waals surface area (Å²) < 4.78 is 13.2. The first kappa shape index (κ1) is 12.7. The molecule has 0 aliphatic rings. The minimum atomic E-state index is -0.568. The molecule has 86 valence electrons. The summed E-state index contributed by atoms with van der Waals surface area (Å²) in [4.78, 5) is 10.6. The predicted octanol–water partition coefficient (Wildman–Crippen LogP) is 1.58. The molecule has 0 aliphatic carbocycles. The molecule has 1 rings (SSSR count). The van der Waals surface area contributed by atoms with Crippen LogP contribution < -0.4 is 5.32 Å². The molecular weight excluding hydrogens is 219 g/mol. The molecule has 0 aromatic heterocycles. The normalized spacial score (nSPS) is 8.76. The number of halogens is 1. The number of nitriles is 1. The van der Waals surface area contributed by atoms with E-state index in [2.05, 4.69) is 17.2 Å². The molecule has 0 saturated heterocycles. The molecule has 17 heavy (non-hydrogen) atoms. The van der Waals surface area contributed by atoms with E-state index in [4.69, 9.17) is 5.26 Å². The van der Waals surface area contributed by atoms with Crippen LogP contribution in [-0.4, -0.2) is 12.5 Å². The van der Waals surface area contributed by atoms with Crippen molar-refractivity contribution in [3.8, 4) is 17.9 Å². The van der Waals surface area contributed by atoms with Gasteiger partial charge in [0.05, 0.1) is 5.56 Å². The van der Waals surface area contributed by atoms with Gasteiger partial charge in [0.15, 0.2) is 0 Å². The van der Waals surface area contributed by atoms with Crippen LogP contribution in [-0.2, 0) is 4.79 Å². The van der Waals surface area contributed by atoms with Crippen LogP contribution in [0.3, 0.4) is 0 Å². The van der Waals surface area contributed by atoms with E-state index >= 15 is 0 Å². The fourth-order valence-corrected chi connectivity index (χ4v) is 1.15. The lowest BCUT2D eigenvalue weighted by atomic mass is 10.1. The van der Waals surface area contributed by atoms with Gasteiger partial charge in [-0.05, 0) is 18.2 Å². The average Bonchev–Trinajstić information content (AvgIpc) is 2.28. The fourth-order valence-electron chi connectivity index (χ4n) is 1.15. The number of hydrogen-bond acceptors (Lipinski definition) is 2. The second kappa shape index (κ2) is 6.30. The largest absolute Gasteiger partial charge is 0.355 e. The van der Waals surface area contributed by atoms with Crippen molar-refractivity contribution in [2.24, 2.45) is 0 Å². The third-order valence-electron chi connectivity index (χ3n) is 1.95. The topological polar surface area (TPSA) is 52.9 Å². The third kappa shape index (κ3) is 4.36. The zero-order chi connectivity index (χ0) is 12.7. The van der Waals surface area contributed by atoms with E-state index in [1.54, 1.807) is 12.1 Å². The quantitative estimate of drug-likeness (QED) is 0.619. The summed E-state index contributed by atoms with van der Waals surface area (Å²) in [7, 11) is 0. The van der Waals surface area contributed by atoms with Gasteiger partial charge in [-0.25, -0.2) is 4.39 Å². The van der Waals surface area contributed by atoms with Gasteiger partial charge in [-0.2, -0.15) is 5.26 Å². The van der Waals surface area contributed by atoms with E-state index in [-0.39, 0.29) is 11.5 Å². The molecule has 3 nitrogen and oxygen atoms in total. The Bertz CT molecular complexity index is 520. The first-order valence-corrected chi connectivity index (χ1v) is 5.06. The van der Waals surface area contributed by atoms with E-state index in [0.29, 0.717) is 18.5 Å². The van der Waals surface area contributed by atoms with Crippen molar-refractivity contribution in [2.75, 3.05) is 6.54 Å². The zero-order valence-electron chi connectivity index (χ0n) is 9.38. The Labute approximate surface area is 99.3 Å². The summed E-state index contributed by atoms with van der Waals surface area (Å²) in [5.41, 5.74) is 0.526. The Hall–Kier alpha value is -2.33. The lowest BCUT2D eigenvalue weighted by molar-refractivity contribution is -0.118. The first-order valence-electron chi connectivity index (χ1n) is 5.06. The predicted molar refractivity (Wildman–Crippen MR) is 61.3 cm³/mol. The van der Waals surface area contributed by atoms with E-state index in [9.17, 15) is 9.18 Å². The van der Waals surface area contributed by atoms with Gasteiger partial charge in [0, 0.05) is 25.5 Å². The van der Waals surface area contributed by atoms with Crippen molar-refractivity contribution >= 4 is 5.91 Å². The molecule has 1 amide bonds. The number of carbonyl (C=O) groups is 1. The third-order valence-corrected chi connectivity index (χ3v) is 1.95.